The van der Waals surface area contributed by atoms with Gasteiger partial charge in [0.1, 0.15) is 0 Å². The van der Waals surface area contributed by atoms with Crippen molar-refractivity contribution in [1.82, 2.24) is 14.8 Å². The van der Waals surface area contributed by atoms with Gasteiger partial charge in [0.2, 0.25) is 0 Å². The third-order valence-corrected chi connectivity index (χ3v) is 2.80. The third-order valence-electron chi connectivity index (χ3n) is 2.80. The summed E-state index contributed by atoms with van der Waals surface area (Å²) in [5, 5.41) is 4.49. The highest BCUT2D eigenvalue weighted by Crippen LogP contribution is 2.30. The quantitative estimate of drug-likeness (QED) is 0.837. The van der Waals surface area contributed by atoms with E-state index >= 15 is 0 Å². The number of pyridine rings is 1. The van der Waals surface area contributed by atoms with Gasteiger partial charge >= 0.3 is 0 Å². The van der Waals surface area contributed by atoms with Crippen molar-refractivity contribution in [3.63, 3.8) is 0 Å². The number of nitrogens with two attached hydrogens (primary N) is 1. The molecule has 0 amide bonds. The van der Waals surface area contributed by atoms with E-state index in [9.17, 15) is 0 Å². The Morgan fingerprint density at radius 1 is 1.38 bits per heavy atom. The first-order valence-electron chi connectivity index (χ1n) is 5.39. The van der Waals surface area contributed by atoms with E-state index < -0.39 is 0 Å². The molecule has 4 heteroatoms. The van der Waals surface area contributed by atoms with E-state index in [4.69, 9.17) is 5.73 Å². The molecule has 2 N–H and O–H groups in total. The lowest BCUT2D eigenvalue weighted by Crippen LogP contribution is -1.99. The highest BCUT2D eigenvalue weighted by atomic mass is 15.3. The van der Waals surface area contributed by atoms with Crippen molar-refractivity contribution in [3.8, 4) is 11.1 Å². The lowest BCUT2D eigenvalue weighted by Gasteiger charge is -2.05. The number of nitrogen functional groups attached to an aromatic ring is 1. The van der Waals surface area contributed by atoms with Gasteiger partial charge in [0, 0.05) is 29.6 Å². The molecule has 0 aromatic carbocycles. The second-order valence-corrected chi connectivity index (χ2v) is 3.82. The molecule has 0 saturated carbocycles. The molecule has 2 rings (SSSR count). The minimum atomic E-state index is 0.698. The number of rotatable bonds is 2. The van der Waals surface area contributed by atoms with Gasteiger partial charge in [-0.25, -0.2) is 0 Å². The fourth-order valence-corrected chi connectivity index (χ4v) is 2.03. The molecule has 0 bridgehead atoms. The Labute approximate surface area is 95.1 Å². The zero-order valence-electron chi connectivity index (χ0n) is 9.86. The molecule has 0 aliphatic heterocycles. The van der Waals surface area contributed by atoms with Crippen molar-refractivity contribution in [3.05, 3.63) is 29.8 Å². The van der Waals surface area contributed by atoms with Crippen molar-refractivity contribution in [2.75, 3.05) is 5.73 Å². The van der Waals surface area contributed by atoms with E-state index in [1.807, 2.05) is 17.7 Å². The molecule has 2 aromatic rings. The van der Waals surface area contributed by atoms with Gasteiger partial charge in [-0.3, -0.25) is 9.67 Å². The van der Waals surface area contributed by atoms with Crippen molar-refractivity contribution >= 4 is 5.69 Å². The Hall–Kier alpha value is -1.84. The van der Waals surface area contributed by atoms with Gasteiger partial charge in [-0.2, -0.15) is 5.10 Å². The average Bonchev–Trinajstić information content (AvgIpc) is 2.55. The molecule has 0 radical (unpaired) electrons. The van der Waals surface area contributed by atoms with Crippen LogP contribution in [0.2, 0.25) is 0 Å². The van der Waals surface area contributed by atoms with Gasteiger partial charge < -0.3 is 5.73 Å². The highest BCUT2D eigenvalue weighted by Gasteiger charge is 2.14. The zero-order valence-corrected chi connectivity index (χ0v) is 9.86. The monoisotopic (exact) mass is 216 g/mol. The van der Waals surface area contributed by atoms with E-state index in [1.165, 1.54) is 0 Å². The number of anilines is 1. The van der Waals surface area contributed by atoms with E-state index in [-0.39, 0.29) is 0 Å². The molecule has 0 saturated heterocycles. The van der Waals surface area contributed by atoms with E-state index in [0.29, 0.717) is 5.69 Å². The first-order valence-corrected chi connectivity index (χ1v) is 5.39. The SMILES string of the molecule is CCn1nc(C)c(-c2ccncc2N)c1C. The Kier molecular flexibility index (Phi) is 2.64. The van der Waals surface area contributed by atoms with Crippen LogP contribution in [0.1, 0.15) is 18.3 Å². The molecule has 84 valence electrons. The van der Waals surface area contributed by atoms with Crippen LogP contribution >= 0.6 is 0 Å². The second kappa shape index (κ2) is 3.96. The van der Waals surface area contributed by atoms with Gasteiger partial charge in [0.15, 0.2) is 0 Å². The molecule has 0 spiro atoms. The van der Waals surface area contributed by atoms with Crippen LogP contribution in [-0.4, -0.2) is 14.8 Å². The lowest BCUT2D eigenvalue weighted by molar-refractivity contribution is 0.634. The van der Waals surface area contributed by atoms with Crippen LogP contribution in [0, 0.1) is 13.8 Å². The van der Waals surface area contributed by atoms with Crippen molar-refractivity contribution in [2.45, 2.75) is 27.3 Å². The largest absolute Gasteiger partial charge is 0.397 e. The van der Waals surface area contributed by atoms with Crippen LogP contribution in [0.15, 0.2) is 18.5 Å². The molecule has 4 nitrogen and oxygen atoms in total. The van der Waals surface area contributed by atoms with Crippen LogP contribution in [-0.2, 0) is 6.54 Å². The maximum Gasteiger partial charge on any atom is 0.0675 e. The Balaban J connectivity index is 2.65. The normalized spacial score (nSPS) is 10.7. The molecular formula is C12H16N4. The van der Waals surface area contributed by atoms with E-state index in [0.717, 1.165) is 29.1 Å². The topological polar surface area (TPSA) is 56.7 Å². The predicted octanol–water partition coefficient (Wildman–Crippen LogP) is 2.16. The molecule has 0 atom stereocenters. The van der Waals surface area contributed by atoms with Crippen LogP contribution in [0.4, 0.5) is 5.69 Å². The van der Waals surface area contributed by atoms with Gasteiger partial charge in [-0.1, -0.05) is 0 Å². The first-order chi connectivity index (χ1) is 7.65. The summed E-state index contributed by atoms with van der Waals surface area (Å²) in [4.78, 5) is 4.00. The molecule has 2 heterocycles. The number of aromatic nitrogens is 3. The zero-order chi connectivity index (χ0) is 11.7. The third kappa shape index (κ3) is 1.56. The maximum atomic E-state index is 5.94. The number of hydrogen-bond acceptors (Lipinski definition) is 3. The van der Waals surface area contributed by atoms with Crippen LogP contribution in [0.25, 0.3) is 11.1 Å². The minimum absolute atomic E-state index is 0.698. The van der Waals surface area contributed by atoms with Gasteiger partial charge in [-0.05, 0) is 26.8 Å². The van der Waals surface area contributed by atoms with Gasteiger partial charge in [0.05, 0.1) is 17.6 Å². The van der Waals surface area contributed by atoms with Gasteiger partial charge in [-0.15, -0.1) is 0 Å². The van der Waals surface area contributed by atoms with Crippen LogP contribution in [0.5, 0.6) is 0 Å². The van der Waals surface area contributed by atoms with Crippen LogP contribution in [0.3, 0.4) is 0 Å². The molecule has 2 aromatic heterocycles. The summed E-state index contributed by atoms with van der Waals surface area (Å²) in [6.45, 7) is 7.03. The maximum absolute atomic E-state index is 5.94. The van der Waals surface area contributed by atoms with E-state index in [1.54, 1.807) is 12.4 Å². The standard InChI is InChI=1S/C12H16N4/c1-4-16-9(3)12(8(2)15-16)10-5-6-14-7-11(10)13/h5-7H,4,13H2,1-3H3. The summed E-state index contributed by atoms with van der Waals surface area (Å²) in [6, 6.07) is 1.94. The molecular weight excluding hydrogens is 200 g/mol. The van der Waals surface area contributed by atoms with Crippen molar-refractivity contribution in [2.24, 2.45) is 0 Å². The highest BCUT2D eigenvalue weighted by molar-refractivity contribution is 5.78. The second-order valence-electron chi connectivity index (χ2n) is 3.82. The summed E-state index contributed by atoms with van der Waals surface area (Å²) in [5.74, 6) is 0. The molecule has 0 fully saturated rings. The first kappa shape index (κ1) is 10.7. The molecule has 0 unspecified atom stereocenters. The minimum Gasteiger partial charge on any atom is -0.397 e. The lowest BCUT2D eigenvalue weighted by atomic mass is 10.0. The molecule has 16 heavy (non-hydrogen) atoms. The molecule has 0 aliphatic rings. The Morgan fingerprint density at radius 3 is 2.69 bits per heavy atom. The van der Waals surface area contributed by atoms with Crippen LogP contribution < -0.4 is 5.73 Å². The van der Waals surface area contributed by atoms with E-state index in [2.05, 4.69) is 23.9 Å². The predicted molar refractivity (Wildman–Crippen MR) is 65.0 cm³/mol. The fraction of sp³-hybridized carbons (Fsp3) is 0.333. The number of aryl methyl sites for hydroxylation is 2. The Morgan fingerprint density at radius 2 is 2.12 bits per heavy atom. The summed E-state index contributed by atoms with van der Waals surface area (Å²) in [6.07, 6.45) is 3.44. The van der Waals surface area contributed by atoms with Crippen molar-refractivity contribution in [1.29, 1.82) is 0 Å². The summed E-state index contributed by atoms with van der Waals surface area (Å²) in [5.41, 5.74) is 10.9. The Bertz CT molecular complexity index is 514. The molecule has 0 aliphatic carbocycles. The summed E-state index contributed by atoms with van der Waals surface area (Å²) >= 11 is 0. The average molecular weight is 216 g/mol. The smallest absolute Gasteiger partial charge is 0.0675 e. The summed E-state index contributed by atoms with van der Waals surface area (Å²) < 4.78 is 1.99. The van der Waals surface area contributed by atoms with Gasteiger partial charge in [0.25, 0.3) is 0 Å². The summed E-state index contributed by atoms with van der Waals surface area (Å²) in [7, 11) is 0. The number of nitrogens with zero attached hydrogens (tertiary/aromatic N) is 3. The number of hydrogen-bond donors (Lipinski definition) is 1. The van der Waals surface area contributed by atoms with Crippen molar-refractivity contribution < 1.29 is 0 Å². The fourth-order valence-electron chi connectivity index (χ4n) is 2.03.